The number of carbonyl (C=O) groups is 1. The summed E-state index contributed by atoms with van der Waals surface area (Å²) in [5.41, 5.74) is 0.877. The van der Waals surface area contributed by atoms with E-state index in [0.29, 0.717) is 36.4 Å². The lowest BCUT2D eigenvalue weighted by molar-refractivity contribution is -0.174. The zero-order valence-electron chi connectivity index (χ0n) is 15.0. The molecule has 0 saturated carbocycles. The van der Waals surface area contributed by atoms with Crippen LogP contribution in [0, 0.1) is 17.1 Å². The largest absolute Gasteiger partial charge is 0.471 e. The summed E-state index contributed by atoms with van der Waals surface area (Å²) in [4.78, 5) is 13.4. The predicted octanol–water partition coefficient (Wildman–Crippen LogP) is 4.19. The molecule has 5 nitrogen and oxygen atoms in total. The van der Waals surface area contributed by atoms with Crippen LogP contribution in [0.1, 0.15) is 30.0 Å². The van der Waals surface area contributed by atoms with Crippen molar-refractivity contribution in [1.29, 1.82) is 5.26 Å². The molecule has 2 atom stereocenters. The molecule has 4 rings (SSSR count). The summed E-state index contributed by atoms with van der Waals surface area (Å²) in [5, 5.41) is 11.6. The number of amides is 1. The van der Waals surface area contributed by atoms with E-state index in [-0.39, 0.29) is 11.3 Å². The van der Waals surface area contributed by atoms with Gasteiger partial charge in [0.05, 0.1) is 23.3 Å². The Balaban J connectivity index is 1.87. The zero-order valence-corrected chi connectivity index (χ0v) is 15.0. The minimum Gasteiger partial charge on any atom is -0.455 e. The molecule has 1 saturated heterocycles. The quantitative estimate of drug-likeness (QED) is 0.723. The van der Waals surface area contributed by atoms with Crippen LogP contribution in [0.4, 0.5) is 23.2 Å². The highest BCUT2D eigenvalue weighted by Crippen LogP contribution is 2.49. The number of alkyl halides is 3. The number of para-hydroxylation sites is 1. The third-order valence-corrected chi connectivity index (χ3v) is 5.11. The van der Waals surface area contributed by atoms with Crippen molar-refractivity contribution < 1.29 is 27.1 Å². The molecule has 2 aromatic rings. The van der Waals surface area contributed by atoms with Gasteiger partial charge in [-0.2, -0.15) is 18.4 Å². The zero-order chi connectivity index (χ0) is 20.8. The van der Waals surface area contributed by atoms with Crippen molar-refractivity contribution >= 4 is 11.6 Å². The average molecular weight is 405 g/mol. The van der Waals surface area contributed by atoms with Crippen LogP contribution in [0.3, 0.4) is 0 Å². The lowest BCUT2D eigenvalue weighted by Gasteiger charge is -2.42. The van der Waals surface area contributed by atoms with E-state index in [1.165, 1.54) is 0 Å². The molecule has 0 aromatic heterocycles. The first-order valence-electron chi connectivity index (χ1n) is 8.94. The molecule has 2 heterocycles. The first-order chi connectivity index (χ1) is 13.8. The van der Waals surface area contributed by atoms with Gasteiger partial charge in [0.2, 0.25) is 0 Å². The maximum atomic E-state index is 14.0. The Kier molecular flexibility index (Phi) is 4.57. The van der Waals surface area contributed by atoms with Crippen LogP contribution in [0.2, 0.25) is 0 Å². The molecular weight excluding hydrogens is 390 g/mol. The van der Waals surface area contributed by atoms with Gasteiger partial charge in [-0.25, -0.2) is 4.39 Å². The summed E-state index contributed by atoms with van der Waals surface area (Å²) in [6, 6.07) is 9.28. The van der Waals surface area contributed by atoms with E-state index in [4.69, 9.17) is 4.74 Å². The van der Waals surface area contributed by atoms with Gasteiger partial charge >= 0.3 is 12.1 Å². The molecule has 9 heteroatoms. The van der Waals surface area contributed by atoms with Crippen LogP contribution in [0.25, 0.3) is 0 Å². The maximum Gasteiger partial charge on any atom is 0.471 e. The Labute approximate surface area is 163 Å². The van der Waals surface area contributed by atoms with E-state index >= 15 is 0 Å². The number of hydrogen-bond acceptors (Lipinski definition) is 4. The van der Waals surface area contributed by atoms with Crippen LogP contribution in [0.5, 0.6) is 11.5 Å². The molecule has 0 radical (unpaired) electrons. The summed E-state index contributed by atoms with van der Waals surface area (Å²) in [5.74, 6) is -2.23. The Morgan fingerprint density at radius 3 is 2.72 bits per heavy atom. The van der Waals surface area contributed by atoms with Crippen LogP contribution in [-0.4, -0.2) is 24.7 Å². The minimum absolute atomic E-state index is 0.0144. The van der Waals surface area contributed by atoms with Gasteiger partial charge in [-0.05, 0) is 25.0 Å². The highest BCUT2D eigenvalue weighted by Gasteiger charge is 2.45. The SMILES string of the molecule is N#Cc1cc(F)cc2c1N1CCC[C@@H](NC(=O)C(F)(F)F)[C@@H]1c1ccccc1O2. The number of nitriles is 1. The number of nitrogens with one attached hydrogen (secondary N) is 1. The van der Waals surface area contributed by atoms with Crippen LogP contribution < -0.4 is 15.0 Å². The van der Waals surface area contributed by atoms with E-state index < -0.39 is 30.0 Å². The second-order valence-corrected chi connectivity index (χ2v) is 6.91. The number of benzene rings is 2. The molecule has 29 heavy (non-hydrogen) atoms. The fraction of sp³-hybridized carbons (Fsp3) is 0.300. The summed E-state index contributed by atoms with van der Waals surface area (Å²) in [6.07, 6.45) is -4.22. The van der Waals surface area contributed by atoms with Crippen LogP contribution >= 0.6 is 0 Å². The molecule has 0 unspecified atom stereocenters. The van der Waals surface area contributed by atoms with Crippen molar-refractivity contribution in [2.24, 2.45) is 0 Å². The molecule has 0 bridgehead atoms. The molecule has 150 valence electrons. The first kappa shape index (κ1) is 19.1. The number of fused-ring (bicyclic) bond motifs is 5. The molecule has 1 fully saturated rings. The van der Waals surface area contributed by atoms with E-state index in [2.05, 4.69) is 5.32 Å². The molecule has 0 aliphatic carbocycles. The monoisotopic (exact) mass is 405 g/mol. The van der Waals surface area contributed by atoms with E-state index in [1.807, 2.05) is 6.07 Å². The van der Waals surface area contributed by atoms with Gasteiger partial charge in [0, 0.05) is 18.2 Å². The van der Waals surface area contributed by atoms with Crippen molar-refractivity contribution in [2.75, 3.05) is 11.4 Å². The number of anilines is 1. The summed E-state index contributed by atoms with van der Waals surface area (Å²) in [6.45, 7) is 0.411. The minimum atomic E-state index is -5.01. The predicted molar refractivity (Wildman–Crippen MR) is 94.9 cm³/mol. The van der Waals surface area contributed by atoms with Crippen molar-refractivity contribution in [2.45, 2.75) is 31.1 Å². The van der Waals surface area contributed by atoms with Crippen LogP contribution in [0.15, 0.2) is 36.4 Å². The first-order valence-corrected chi connectivity index (χ1v) is 8.94. The number of carbonyl (C=O) groups excluding carboxylic acids is 1. The molecule has 2 aliphatic heterocycles. The Morgan fingerprint density at radius 1 is 1.24 bits per heavy atom. The molecule has 2 aliphatic rings. The van der Waals surface area contributed by atoms with Crippen LogP contribution in [-0.2, 0) is 4.79 Å². The lowest BCUT2D eigenvalue weighted by Crippen LogP contribution is -2.52. The standard InChI is InChI=1S/C20H15F4N3O2/c21-12-8-11(10-25)17-16(9-12)29-15-6-2-1-4-13(15)18-14(5-3-7-27(17)18)26-19(28)20(22,23)24/h1-2,4,6,8-9,14,18H,3,5,7H2,(H,26,28)/t14-,18+/m1/s1. The van der Waals surface area contributed by atoms with E-state index in [9.17, 15) is 27.6 Å². The summed E-state index contributed by atoms with van der Waals surface area (Å²) in [7, 11) is 0. The molecular formula is C20H15F4N3O2. The van der Waals surface area contributed by atoms with Crippen molar-refractivity contribution in [3.63, 3.8) is 0 Å². The topological polar surface area (TPSA) is 65.4 Å². The van der Waals surface area contributed by atoms with Gasteiger partial charge in [0.25, 0.3) is 0 Å². The Hall–Kier alpha value is -3.28. The average Bonchev–Trinajstić information content (AvgIpc) is 2.81. The summed E-state index contributed by atoms with van der Waals surface area (Å²) < 4.78 is 58.5. The summed E-state index contributed by atoms with van der Waals surface area (Å²) >= 11 is 0. The number of nitrogens with zero attached hydrogens (tertiary/aromatic N) is 2. The Bertz CT molecular complexity index is 1020. The third kappa shape index (κ3) is 3.35. The Morgan fingerprint density at radius 2 is 2.00 bits per heavy atom. The van der Waals surface area contributed by atoms with Gasteiger partial charge in [-0.1, -0.05) is 18.2 Å². The molecule has 1 N–H and O–H groups in total. The fourth-order valence-electron chi connectivity index (χ4n) is 4.00. The highest BCUT2D eigenvalue weighted by molar-refractivity contribution is 5.82. The maximum absolute atomic E-state index is 14.0. The van der Waals surface area contributed by atoms with Gasteiger partial charge in [-0.15, -0.1) is 0 Å². The van der Waals surface area contributed by atoms with Gasteiger partial charge in [0.1, 0.15) is 17.6 Å². The van der Waals surface area contributed by atoms with Crippen molar-refractivity contribution in [3.05, 3.63) is 53.3 Å². The molecule has 0 spiro atoms. The second kappa shape index (κ2) is 6.95. The number of ether oxygens (including phenoxy) is 1. The van der Waals surface area contributed by atoms with E-state index in [0.717, 1.165) is 12.1 Å². The number of halogens is 4. The van der Waals surface area contributed by atoms with E-state index in [1.54, 1.807) is 29.2 Å². The van der Waals surface area contributed by atoms with Gasteiger partial charge in [0.15, 0.2) is 5.75 Å². The number of hydrogen-bond donors (Lipinski definition) is 1. The van der Waals surface area contributed by atoms with Gasteiger partial charge in [-0.3, -0.25) is 4.79 Å². The lowest BCUT2D eigenvalue weighted by atomic mass is 9.89. The number of rotatable bonds is 1. The van der Waals surface area contributed by atoms with Crippen molar-refractivity contribution in [3.8, 4) is 17.6 Å². The highest BCUT2D eigenvalue weighted by atomic mass is 19.4. The third-order valence-electron chi connectivity index (χ3n) is 5.11. The molecule has 2 aromatic carbocycles. The molecule has 1 amide bonds. The second-order valence-electron chi connectivity index (χ2n) is 6.91. The van der Waals surface area contributed by atoms with Gasteiger partial charge < -0.3 is 15.0 Å². The smallest absolute Gasteiger partial charge is 0.455 e. The normalized spacial score (nSPS) is 20.3. The number of piperidine rings is 1. The van der Waals surface area contributed by atoms with Crippen molar-refractivity contribution in [1.82, 2.24) is 5.32 Å². The fourth-order valence-corrected chi connectivity index (χ4v) is 4.00.